The van der Waals surface area contributed by atoms with Gasteiger partial charge in [0.05, 0.1) is 12.1 Å². The Kier molecular flexibility index (Phi) is 5.46. The lowest BCUT2D eigenvalue weighted by molar-refractivity contribution is -0.137. The van der Waals surface area contributed by atoms with E-state index in [1.54, 1.807) is 17.5 Å². The fourth-order valence-electron chi connectivity index (χ4n) is 4.08. The Morgan fingerprint density at radius 3 is 2.52 bits per heavy atom. The minimum absolute atomic E-state index is 0.156. The van der Waals surface area contributed by atoms with E-state index in [0.717, 1.165) is 48.8 Å². The summed E-state index contributed by atoms with van der Waals surface area (Å²) in [6.07, 6.45) is 3.42. The molecule has 5 rings (SSSR count). The molecular weight excluding hydrogens is 502 g/mol. The highest BCUT2D eigenvalue weighted by molar-refractivity contribution is 9.10. The summed E-state index contributed by atoms with van der Waals surface area (Å²) in [6, 6.07) is 9.53. The number of thiophene rings is 1. The maximum atomic E-state index is 11.7. The van der Waals surface area contributed by atoms with Gasteiger partial charge in [-0.05, 0) is 53.9 Å². The van der Waals surface area contributed by atoms with Crippen molar-refractivity contribution >= 4 is 38.9 Å². The fourth-order valence-corrected chi connectivity index (χ4v) is 5.66. The van der Waals surface area contributed by atoms with Crippen LogP contribution in [0.1, 0.15) is 45.7 Å². The normalized spacial score (nSPS) is 14.9. The number of pyridine rings is 1. The molecule has 1 atom stereocenters. The van der Waals surface area contributed by atoms with Crippen molar-refractivity contribution < 1.29 is 9.90 Å². The molecule has 3 aromatic heterocycles. The van der Waals surface area contributed by atoms with E-state index in [2.05, 4.69) is 45.0 Å². The second kappa shape index (κ2) is 8.31. The lowest BCUT2D eigenvalue weighted by Crippen LogP contribution is -2.10. The van der Waals surface area contributed by atoms with Crippen LogP contribution in [0.25, 0.3) is 16.1 Å². The molecule has 1 aliphatic heterocycles. The Balaban J connectivity index is 1.69. The number of rotatable bonds is 4. The first kappa shape index (κ1) is 21.7. The third kappa shape index (κ3) is 3.81. The van der Waals surface area contributed by atoms with Crippen molar-refractivity contribution in [3.8, 4) is 16.1 Å². The molecular formula is C24H20BrN5O2S. The Hall–Kier alpha value is -3.17. The predicted molar refractivity (Wildman–Crippen MR) is 131 cm³/mol. The van der Waals surface area contributed by atoms with Gasteiger partial charge in [-0.2, -0.15) is 0 Å². The molecule has 0 saturated carbocycles. The lowest BCUT2D eigenvalue weighted by atomic mass is 9.97. The standard InChI is InChI=1S/C24H20BrN5O2S/c1-12-13(2)33-24-21(12)22(27-19(9-20(31)32)23-29-28-14(3)30(23)24)16-6-4-15(5-7-16)17-8-18(25)11-26-10-17/h4-8,10-11,19H,9H2,1-3H3,(H,31,32)/t19-/m0/s1. The molecule has 4 heterocycles. The molecule has 0 aliphatic carbocycles. The van der Waals surface area contributed by atoms with Crippen molar-refractivity contribution in [1.29, 1.82) is 0 Å². The minimum atomic E-state index is -0.925. The zero-order valence-corrected chi connectivity index (χ0v) is 20.6. The number of aromatic nitrogens is 4. The Bertz CT molecular complexity index is 1420. The van der Waals surface area contributed by atoms with Gasteiger partial charge in [-0.1, -0.05) is 24.3 Å². The van der Waals surface area contributed by atoms with Gasteiger partial charge in [0.25, 0.3) is 0 Å². The minimum Gasteiger partial charge on any atom is -0.481 e. The van der Waals surface area contributed by atoms with Crippen molar-refractivity contribution in [3.63, 3.8) is 0 Å². The molecule has 0 amide bonds. The maximum Gasteiger partial charge on any atom is 0.306 e. The number of aliphatic carboxylic acids is 1. The van der Waals surface area contributed by atoms with Gasteiger partial charge < -0.3 is 5.11 Å². The SMILES string of the molecule is Cc1sc2c(c1C)C(c1ccc(-c3cncc(Br)c3)cc1)=N[C@@H](CC(=O)O)c1nnc(C)n1-2. The van der Waals surface area contributed by atoms with E-state index in [0.29, 0.717) is 5.82 Å². The van der Waals surface area contributed by atoms with Crippen LogP contribution in [0.4, 0.5) is 0 Å². The molecule has 0 saturated heterocycles. The lowest BCUT2D eigenvalue weighted by Gasteiger charge is -2.11. The van der Waals surface area contributed by atoms with Gasteiger partial charge in [0.2, 0.25) is 0 Å². The summed E-state index contributed by atoms with van der Waals surface area (Å²) in [5, 5.41) is 19.1. The van der Waals surface area contributed by atoms with Crippen LogP contribution in [-0.4, -0.2) is 36.5 Å². The summed E-state index contributed by atoms with van der Waals surface area (Å²) in [5.41, 5.74) is 5.89. The molecule has 0 unspecified atom stereocenters. The van der Waals surface area contributed by atoms with Gasteiger partial charge in [-0.3, -0.25) is 19.3 Å². The molecule has 166 valence electrons. The maximum absolute atomic E-state index is 11.7. The molecule has 7 nitrogen and oxygen atoms in total. The number of benzene rings is 1. The highest BCUT2D eigenvalue weighted by Gasteiger charge is 2.32. The van der Waals surface area contributed by atoms with Crippen molar-refractivity contribution in [3.05, 3.63) is 80.4 Å². The zero-order chi connectivity index (χ0) is 23.3. The molecule has 0 radical (unpaired) electrons. The molecule has 33 heavy (non-hydrogen) atoms. The molecule has 1 N–H and O–H groups in total. The topological polar surface area (TPSA) is 93.3 Å². The van der Waals surface area contributed by atoms with E-state index >= 15 is 0 Å². The zero-order valence-electron chi connectivity index (χ0n) is 18.2. The number of carbonyl (C=O) groups is 1. The van der Waals surface area contributed by atoms with E-state index in [1.165, 1.54) is 4.88 Å². The summed E-state index contributed by atoms with van der Waals surface area (Å²) in [4.78, 5) is 22.1. The van der Waals surface area contributed by atoms with E-state index in [4.69, 9.17) is 4.99 Å². The van der Waals surface area contributed by atoms with Gasteiger partial charge in [-0.25, -0.2) is 0 Å². The summed E-state index contributed by atoms with van der Waals surface area (Å²) in [7, 11) is 0. The monoisotopic (exact) mass is 521 g/mol. The van der Waals surface area contributed by atoms with Crippen LogP contribution in [0.5, 0.6) is 0 Å². The summed E-state index contributed by atoms with van der Waals surface area (Å²) >= 11 is 5.13. The average molecular weight is 522 g/mol. The first-order chi connectivity index (χ1) is 15.8. The number of nitrogens with zero attached hydrogens (tertiary/aromatic N) is 5. The van der Waals surface area contributed by atoms with Crippen LogP contribution in [-0.2, 0) is 4.79 Å². The third-order valence-corrected chi connectivity index (χ3v) is 7.43. The van der Waals surface area contributed by atoms with Gasteiger partial charge >= 0.3 is 5.97 Å². The van der Waals surface area contributed by atoms with Crippen LogP contribution in [0.15, 0.2) is 52.2 Å². The van der Waals surface area contributed by atoms with Crippen molar-refractivity contribution in [2.45, 2.75) is 33.2 Å². The van der Waals surface area contributed by atoms with Crippen molar-refractivity contribution in [2.75, 3.05) is 0 Å². The molecule has 1 aliphatic rings. The number of carboxylic acids is 1. The van der Waals surface area contributed by atoms with E-state index < -0.39 is 12.0 Å². The van der Waals surface area contributed by atoms with Gasteiger partial charge in [0, 0.05) is 38.4 Å². The number of aliphatic imine (C=N–C) groups is 1. The number of hydrogen-bond donors (Lipinski definition) is 1. The summed E-state index contributed by atoms with van der Waals surface area (Å²) < 4.78 is 2.88. The molecule has 4 aromatic rings. The van der Waals surface area contributed by atoms with E-state index in [1.807, 2.05) is 48.0 Å². The molecule has 0 spiro atoms. The average Bonchev–Trinajstić information content (AvgIpc) is 3.26. The molecule has 0 bridgehead atoms. The van der Waals surface area contributed by atoms with Crippen LogP contribution < -0.4 is 0 Å². The number of hydrogen-bond acceptors (Lipinski definition) is 6. The van der Waals surface area contributed by atoms with Crippen LogP contribution in [0.3, 0.4) is 0 Å². The Labute approximate surface area is 203 Å². The second-order valence-corrected chi connectivity index (χ2v) is 10.1. The van der Waals surface area contributed by atoms with Crippen molar-refractivity contribution in [2.24, 2.45) is 4.99 Å². The highest BCUT2D eigenvalue weighted by atomic mass is 79.9. The number of fused-ring (bicyclic) bond motifs is 3. The third-order valence-electron chi connectivity index (χ3n) is 5.80. The van der Waals surface area contributed by atoms with Gasteiger partial charge in [0.1, 0.15) is 16.9 Å². The fraction of sp³-hybridized carbons (Fsp3) is 0.208. The van der Waals surface area contributed by atoms with Gasteiger partial charge in [-0.15, -0.1) is 21.5 Å². The summed E-state index contributed by atoms with van der Waals surface area (Å²) in [5.74, 6) is 0.354. The first-order valence-corrected chi connectivity index (χ1v) is 12.0. The Morgan fingerprint density at radius 1 is 1.09 bits per heavy atom. The predicted octanol–water partition coefficient (Wildman–Crippen LogP) is 5.45. The largest absolute Gasteiger partial charge is 0.481 e. The van der Waals surface area contributed by atoms with Gasteiger partial charge in [0.15, 0.2) is 5.82 Å². The molecule has 9 heteroatoms. The van der Waals surface area contributed by atoms with Crippen molar-refractivity contribution in [1.82, 2.24) is 19.7 Å². The first-order valence-electron chi connectivity index (χ1n) is 10.4. The summed E-state index contributed by atoms with van der Waals surface area (Å²) in [6.45, 7) is 6.05. The molecule has 1 aromatic carbocycles. The van der Waals surface area contributed by atoms with Crippen LogP contribution >= 0.6 is 27.3 Å². The molecule has 0 fully saturated rings. The quantitative estimate of drug-likeness (QED) is 0.385. The highest BCUT2D eigenvalue weighted by Crippen LogP contribution is 2.39. The number of aryl methyl sites for hydroxylation is 2. The van der Waals surface area contributed by atoms with Crippen LogP contribution in [0.2, 0.25) is 0 Å². The second-order valence-electron chi connectivity index (χ2n) is 7.96. The Morgan fingerprint density at radius 2 is 1.82 bits per heavy atom. The number of halogens is 1. The van der Waals surface area contributed by atoms with Crippen LogP contribution in [0, 0.1) is 20.8 Å². The van der Waals surface area contributed by atoms with E-state index in [9.17, 15) is 9.90 Å². The van der Waals surface area contributed by atoms with E-state index in [-0.39, 0.29) is 6.42 Å². The smallest absolute Gasteiger partial charge is 0.306 e. The number of carboxylic acid groups (broad SMARTS) is 1.